The number of hydrazine groups is 3. The highest BCUT2D eigenvalue weighted by molar-refractivity contribution is 4.62. The van der Waals surface area contributed by atoms with E-state index < -0.39 is 0 Å². The molecule has 0 amide bonds. The van der Waals surface area contributed by atoms with E-state index in [4.69, 9.17) is 0 Å². The fraction of sp³-hybridized carbons (Fsp3) is 1.00. The number of rotatable bonds is 0. The van der Waals surface area contributed by atoms with Crippen molar-refractivity contribution in [3.63, 3.8) is 0 Å². The lowest BCUT2D eigenvalue weighted by molar-refractivity contribution is -0.125. The molecule has 0 spiro atoms. The summed E-state index contributed by atoms with van der Waals surface area (Å²) in [5, 5.41) is 8.48. The van der Waals surface area contributed by atoms with Crippen molar-refractivity contribution in [1.29, 1.82) is 0 Å². The van der Waals surface area contributed by atoms with Crippen LogP contribution in [0.15, 0.2) is 0 Å². The third-order valence-electron chi connectivity index (χ3n) is 2.41. The molecule has 10 heavy (non-hydrogen) atoms. The maximum absolute atomic E-state index is 2.17. The van der Waals surface area contributed by atoms with Crippen molar-refractivity contribution in [1.82, 2.24) is 20.3 Å². The molecule has 1 saturated heterocycles. The van der Waals surface area contributed by atoms with Crippen molar-refractivity contribution in [2.24, 2.45) is 0 Å². The van der Waals surface area contributed by atoms with Gasteiger partial charge in [0.2, 0.25) is 0 Å². The molecule has 1 rings (SSSR count). The van der Waals surface area contributed by atoms with Crippen LogP contribution in [0.3, 0.4) is 0 Å². The van der Waals surface area contributed by atoms with Gasteiger partial charge in [-0.05, 0) is 6.92 Å². The van der Waals surface area contributed by atoms with Gasteiger partial charge in [0, 0.05) is 28.2 Å². The van der Waals surface area contributed by atoms with Crippen LogP contribution in [-0.4, -0.2) is 54.6 Å². The van der Waals surface area contributed by atoms with Gasteiger partial charge in [-0.1, -0.05) is 0 Å². The standard InChI is InChI=1S/C6H16N4/c1-6-7(2)9(4)10(5)8(6)3/h6H,1-5H3. The first-order chi connectivity index (χ1) is 4.55. The van der Waals surface area contributed by atoms with Gasteiger partial charge in [0.1, 0.15) is 0 Å². The van der Waals surface area contributed by atoms with Crippen LogP contribution in [0.1, 0.15) is 6.92 Å². The fourth-order valence-electron chi connectivity index (χ4n) is 1.13. The minimum Gasteiger partial charge on any atom is -0.212 e. The van der Waals surface area contributed by atoms with E-state index >= 15 is 0 Å². The summed E-state index contributed by atoms with van der Waals surface area (Å²) in [5.74, 6) is 0. The van der Waals surface area contributed by atoms with E-state index in [0.29, 0.717) is 6.17 Å². The highest BCUT2D eigenvalue weighted by atomic mass is 16.0. The Balaban J connectivity index is 2.68. The van der Waals surface area contributed by atoms with Gasteiger partial charge in [0.25, 0.3) is 0 Å². The van der Waals surface area contributed by atoms with Gasteiger partial charge >= 0.3 is 0 Å². The van der Waals surface area contributed by atoms with E-state index in [0.717, 1.165) is 0 Å². The third kappa shape index (κ3) is 0.932. The number of nitrogens with zero attached hydrogens (tertiary/aromatic N) is 4. The number of hydrogen-bond donors (Lipinski definition) is 0. The summed E-state index contributed by atoms with van der Waals surface area (Å²) >= 11 is 0. The molecule has 1 aliphatic rings. The lowest BCUT2D eigenvalue weighted by Crippen LogP contribution is -2.39. The van der Waals surface area contributed by atoms with Crippen molar-refractivity contribution >= 4 is 0 Å². The van der Waals surface area contributed by atoms with E-state index in [-0.39, 0.29) is 0 Å². The van der Waals surface area contributed by atoms with E-state index in [9.17, 15) is 0 Å². The van der Waals surface area contributed by atoms with Crippen molar-refractivity contribution in [2.75, 3.05) is 28.2 Å². The summed E-state index contributed by atoms with van der Waals surface area (Å²) in [7, 11) is 8.23. The normalized spacial score (nSPS) is 28.5. The molecule has 60 valence electrons. The fourth-order valence-corrected chi connectivity index (χ4v) is 1.13. The van der Waals surface area contributed by atoms with E-state index in [2.05, 4.69) is 41.3 Å². The van der Waals surface area contributed by atoms with Crippen LogP contribution in [0.25, 0.3) is 0 Å². The van der Waals surface area contributed by atoms with Crippen LogP contribution in [0, 0.1) is 0 Å². The second-order valence-corrected chi connectivity index (χ2v) is 2.76. The largest absolute Gasteiger partial charge is 0.212 e. The monoisotopic (exact) mass is 144 g/mol. The molecule has 0 aromatic carbocycles. The Labute approximate surface area is 62.5 Å². The molecule has 4 nitrogen and oxygen atoms in total. The van der Waals surface area contributed by atoms with Crippen molar-refractivity contribution in [3.8, 4) is 0 Å². The average Bonchev–Trinajstić information content (AvgIpc) is 2.07. The molecule has 0 aromatic heterocycles. The molecule has 0 unspecified atom stereocenters. The van der Waals surface area contributed by atoms with Crippen LogP contribution in [0.5, 0.6) is 0 Å². The quantitative estimate of drug-likeness (QED) is 0.467. The van der Waals surface area contributed by atoms with E-state index in [1.54, 1.807) is 0 Å². The Bertz CT molecular complexity index is 82.1. The zero-order valence-electron chi connectivity index (χ0n) is 7.37. The summed E-state index contributed by atoms with van der Waals surface area (Å²) in [5.41, 5.74) is 0. The molecule has 1 fully saturated rings. The smallest absolute Gasteiger partial charge is 0.0886 e. The van der Waals surface area contributed by atoms with Crippen LogP contribution in [-0.2, 0) is 0 Å². The Morgan fingerprint density at radius 2 is 1.10 bits per heavy atom. The summed E-state index contributed by atoms with van der Waals surface area (Å²) in [6, 6.07) is 0. The molecule has 0 saturated carbocycles. The average molecular weight is 144 g/mol. The molecule has 1 heterocycles. The van der Waals surface area contributed by atoms with Crippen molar-refractivity contribution < 1.29 is 0 Å². The molecular weight excluding hydrogens is 128 g/mol. The molecule has 1 aliphatic heterocycles. The van der Waals surface area contributed by atoms with Gasteiger partial charge in [0.05, 0.1) is 6.17 Å². The molecule has 0 atom stereocenters. The highest BCUT2D eigenvalue weighted by Gasteiger charge is 2.31. The molecule has 0 aromatic rings. The van der Waals surface area contributed by atoms with Gasteiger partial charge in [-0.15, -0.1) is 0 Å². The summed E-state index contributed by atoms with van der Waals surface area (Å²) in [6.07, 6.45) is 0.454. The third-order valence-corrected chi connectivity index (χ3v) is 2.41. The van der Waals surface area contributed by atoms with E-state index in [1.807, 2.05) is 14.1 Å². The van der Waals surface area contributed by atoms with Crippen LogP contribution in [0.2, 0.25) is 0 Å². The molecular formula is C6H16N4. The topological polar surface area (TPSA) is 13.0 Å². The Kier molecular flexibility index (Phi) is 1.96. The zero-order valence-corrected chi connectivity index (χ0v) is 7.37. The molecule has 0 bridgehead atoms. The highest BCUT2D eigenvalue weighted by Crippen LogP contribution is 2.15. The second-order valence-electron chi connectivity index (χ2n) is 2.76. The van der Waals surface area contributed by atoms with Gasteiger partial charge in [0.15, 0.2) is 0 Å². The first kappa shape index (κ1) is 7.94. The Morgan fingerprint density at radius 1 is 0.800 bits per heavy atom. The molecule has 0 radical (unpaired) electrons. The SMILES string of the molecule is CC1N(C)N(C)N(C)N1C. The first-order valence-corrected chi connectivity index (χ1v) is 3.48. The molecule has 0 N–H and O–H groups in total. The van der Waals surface area contributed by atoms with Crippen LogP contribution >= 0.6 is 0 Å². The minimum absolute atomic E-state index is 0.454. The van der Waals surface area contributed by atoms with Crippen LogP contribution < -0.4 is 0 Å². The van der Waals surface area contributed by atoms with Gasteiger partial charge in [-0.3, -0.25) is 0 Å². The van der Waals surface area contributed by atoms with Crippen molar-refractivity contribution in [3.05, 3.63) is 0 Å². The van der Waals surface area contributed by atoms with Gasteiger partial charge < -0.3 is 0 Å². The summed E-state index contributed by atoms with van der Waals surface area (Å²) in [4.78, 5) is 0. The Morgan fingerprint density at radius 3 is 1.20 bits per heavy atom. The maximum atomic E-state index is 2.17. The van der Waals surface area contributed by atoms with Crippen LogP contribution in [0.4, 0.5) is 0 Å². The predicted molar refractivity (Wildman–Crippen MR) is 40.5 cm³/mol. The minimum atomic E-state index is 0.454. The zero-order chi connectivity index (χ0) is 7.89. The second kappa shape index (κ2) is 2.47. The molecule has 4 heteroatoms. The van der Waals surface area contributed by atoms with Gasteiger partial charge in [-0.2, -0.15) is 10.2 Å². The number of hydrogen-bond acceptors (Lipinski definition) is 4. The summed E-state index contributed by atoms with van der Waals surface area (Å²) < 4.78 is 0. The maximum Gasteiger partial charge on any atom is 0.0886 e. The van der Waals surface area contributed by atoms with E-state index in [1.165, 1.54) is 0 Å². The predicted octanol–water partition coefficient (Wildman–Crippen LogP) is -0.182. The lowest BCUT2D eigenvalue weighted by atomic mass is 10.5. The summed E-state index contributed by atoms with van der Waals surface area (Å²) in [6.45, 7) is 2.17. The van der Waals surface area contributed by atoms with Crippen molar-refractivity contribution in [2.45, 2.75) is 13.1 Å². The Hall–Kier alpha value is -0.160. The van der Waals surface area contributed by atoms with Gasteiger partial charge in [-0.25, -0.2) is 10.0 Å². The molecule has 0 aliphatic carbocycles. The lowest BCUT2D eigenvalue weighted by Gasteiger charge is -2.24. The first-order valence-electron chi connectivity index (χ1n) is 3.48.